The van der Waals surface area contributed by atoms with Crippen molar-refractivity contribution in [3.63, 3.8) is 0 Å². The highest BCUT2D eigenvalue weighted by Gasteiger charge is 2.39. The Morgan fingerprint density at radius 3 is 2.43 bits per heavy atom. The van der Waals surface area contributed by atoms with Crippen LogP contribution in [0.25, 0.3) is 0 Å². The van der Waals surface area contributed by atoms with Crippen LogP contribution in [-0.2, 0) is 9.59 Å². The Morgan fingerprint density at radius 2 is 1.79 bits per heavy atom. The van der Waals surface area contributed by atoms with Gasteiger partial charge < -0.3 is 20.1 Å². The minimum absolute atomic E-state index is 0.144. The molecule has 0 aromatic heterocycles. The molecule has 146 valence electrons. The summed E-state index contributed by atoms with van der Waals surface area (Å²) in [6, 6.07) is 9.03. The number of hydrogen-bond acceptors (Lipinski definition) is 5. The van der Waals surface area contributed by atoms with Gasteiger partial charge in [0, 0.05) is 18.3 Å². The molecule has 1 atom stereocenters. The molecule has 2 aromatic carbocycles. The molecule has 0 saturated carbocycles. The van der Waals surface area contributed by atoms with Crippen LogP contribution in [-0.4, -0.2) is 38.6 Å². The molecule has 0 aliphatic carbocycles. The molecule has 9 heteroatoms. The first-order valence-electron chi connectivity index (χ1n) is 8.35. The Bertz CT molecular complexity index is 916. The maximum atomic E-state index is 13.0. The van der Waals surface area contributed by atoms with Gasteiger partial charge in [-0.05, 0) is 36.4 Å². The Balaban J connectivity index is 1.83. The van der Waals surface area contributed by atoms with Gasteiger partial charge in [0.15, 0.2) is 11.5 Å². The average molecular weight is 387 g/mol. The smallest absolute Gasteiger partial charge is 0.328 e. The third-order valence-electron chi connectivity index (χ3n) is 4.23. The van der Waals surface area contributed by atoms with Crippen LogP contribution in [0.5, 0.6) is 11.5 Å². The van der Waals surface area contributed by atoms with E-state index >= 15 is 0 Å². The highest BCUT2D eigenvalue weighted by Crippen LogP contribution is 2.32. The zero-order valence-electron chi connectivity index (χ0n) is 15.2. The minimum atomic E-state index is -1.14. The number of nitrogens with zero attached hydrogens (tertiary/aromatic N) is 1. The monoisotopic (exact) mass is 387 g/mol. The van der Waals surface area contributed by atoms with Gasteiger partial charge in [-0.2, -0.15) is 0 Å². The van der Waals surface area contributed by atoms with E-state index in [1.165, 1.54) is 50.6 Å². The van der Waals surface area contributed by atoms with Crippen LogP contribution in [0.3, 0.4) is 0 Å². The molecular formula is C19H18FN3O5. The zero-order valence-corrected chi connectivity index (χ0v) is 15.2. The van der Waals surface area contributed by atoms with Gasteiger partial charge in [0.05, 0.1) is 19.9 Å². The van der Waals surface area contributed by atoms with Crippen molar-refractivity contribution in [2.24, 2.45) is 5.92 Å². The lowest BCUT2D eigenvalue weighted by Crippen LogP contribution is -2.58. The van der Waals surface area contributed by atoms with Crippen molar-refractivity contribution in [3.05, 3.63) is 48.3 Å². The molecule has 8 nitrogen and oxygen atoms in total. The molecule has 1 saturated heterocycles. The molecule has 1 fully saturated rings. The molecule has 1 unspecified atom stereocenters. The summed E-state index contributed by atoms with van der Waals surface area (Å²) in [5.41, 5.74) is 0.577. The van der Waals surface area contributed by atoms with Gasteiger partial charge >= 0.3 is 6.03 Å². The second kappa shape index (κ2) is 7.95. The lowest BCUT2D eigenvalue weighted by molar-refractivity contribution is -0.130. The van der Waals surface area contributed by atoms with E-state index in [-0.39, 0.29) is 12.2 Å². The van der Waals surface area contributed by atoms with Crippen molar-refractivity contribution in [2.75, 3.05) is 31.0 Å². The number of amides is 4. The van der Waals surface area contributed by atoms with Gasteiger partial charge in [0.2, 0.25) is 11.8 Å². The first-order valence-corrected chi connectivity index (χ1v) is 8.35. The minimum Gasteiger partial charge on any atom is -0.493 e. The fourth-order valence-electron chi connectivity index (χ4n) is 2.79. The standard InChI is InChI=1S/C19H18FN3O5/c1-27-15-8-7-13(9-16(15)28-2)23-18(25)14(10-21-19(23)26)17(24)22-12-5-3-11(20)4-6-12/h3-9,14H,10H2,1-2H3,(H,21,26)(H,22,24). The third-order valence-corrected chi connectivity index (χ3v) is 4.23. The summed E-state index contributed by atoms with van der Waals surface area (Å²) >= 11 is 0. The van der Waals surface area contributed by atoms with E-state index < -0.39 is 29.6 Å². The van der Waals surface area contributed by atoms with E-state index in [9.17, 15) is 18.8 Å². The summed E-state index contributed by atoms with van der Waals surface area (Å²) in [6.07, 6.45) is 0. The lowest BCUT2D eigenvalue weighted by Gasteiger charge is -2.31. The molecule has 1 aliphatic rings. The number of rotatable bonds is 5. The lowest BCUT2D eigenvalue weighted by atomic mass is 10.0. The van der Waals surface area contributed by atoms with Crippen molar-refractivity contribution in [3.8, 4) is 11.5 Å². The van der Waals surface area contributed by atoms with Crippen LogP contribution >= 0.6 is 0 Å². The second-order valence-corrected chi connectivity index (χ2v) is 5.95. The van der Waals surface area contributed by atoms with Crippen LogP contribution in [0.15, 0.2) is 42.5 Å². The van der Waals surface area contributed by atoms with E-state index in [2.05, 4.69) is 10.6 Å². The van der Waals surface area contributed by atoms with Gasteiger partial charge in [-0.3, -0.25) is 9.59 Å². The Kier molecular flexibility index (Phi) is 5.44. The summed E-state index contributed by atoms with van der Waals surface area (Å²) in [5.74, 6) is -2.12. The predicted molar refractivity (Wildman–Crippen MR) is 99.0 cm³/mol. The van der Waals surface area contributed by atoms with Crippen LogP contribution in [0.2, 0.25) is 0 Å². The Morgan fingerprint density at radius 1 is 1.11 bits per heavy atom. The van der Waals surface area contributed by atoms with Crippen LogP contribution in [0, 0.1) is 11.7 Å². The van der Waals surface area contributed by atoms with Crippen LogP contribution in [0.4, 0.5) is 20.6 Å². The van der Waals surface area contributed by atoms with Crippen molar-refractivity contribution in [1.29, 1.82) is 0 Å². The molecule has 0 spiro atoms. The van der Waals surface area contributed by atoms with E-state index in [1.807, 2.05) is 0 Å². The Hall–Kier alpha value is -3.62. The highest BCUT2D eigenvalue weighted by molar-refractivity contribution is 6.23. The summed E-state index contributed by atoms with van der Waals surface area (Å²) in [6.45, 7) is -0.144. The van der Waals surface area contributed by atoms with Gasteiger partial charge in [-0.15, -0.1) is 0 Å². The van der Waals surface area contributed by atoms with Crippen molar-refractivity contribution < 1.29 is 28.2 Å². The second-order valence-electron chi connectivity index (χ2n) is 5.95. The highest BCUT2D eigenvalue weighted by atomic mass is 19.1. The van der Waals surface area contributed by atoms with Crippen LogP contribution in [0.1, 0.15) is 0 Å². The molecule has 0 bridgehead atoms. The number of halogens is 1. The number of methoxy groups -OCH3 is 2. The molecule has 28 heavy (non-hydrogen) atoms. The fraction of sp³-hybridized carbons (Fsp3) is 0.211. The first kappa shape index (κ1) is 19.2. The summed E-state index contributed by atoms with van der Waals surface area (Å²) in [5, 5.41) is 5.07. The number of urea groups is 1. The van der Waals surface area contributed by atoms with E-state index in [0.29, 0.717) is 17.2 Å². The third kappa shape index (κ3) is 3.73. The summed E-state index contributed by atoms with van der Waals surface area (Å²) in [4.78, 5) is 38.5. The van der Waals surface area contributed by atoms with E-state index in [1.54, 1.807) is 6.07 Å². The number of anilines is 2. The topological polar surface area (TPSA) is 97.0 Å². The molecule has 2 aromatic rings. The number of imide groups is 1. The number of carbonyl (C=O) groups is 3. The first-order chi connectivity index (χ1) is 13.4. The maximum absolute atomic E-state index is 13.0. The molecule has 1 heterocycles. The number of nitrogens with one attached hydrogen (secondary N) is 2. The van der Waals surface area contributed by atoms with Crippen molar-refractivity contribution >= 4 is 29.2 Å². The number of ether oxygens (including phenoxy) is 2. The molecule has 1 aliphatic heterocycles. The number of carbonyl (C=O) groups excluding carboxylic acids is 3. The number of benzene rings is 2. The van der Waals surface area contributed by atoms with E-state index in [0.717, 1.165) is 4.90 Å². The van der Waals surface area contributed by atoms with Crippen molar-refractivity contribution in [1.82, 2.24) is 5.32 Å². The Labute approximate surface area is 160 Å². The van der Waals surface area contributed by atoms with Crippen LogP contribution < -0.4 is 25.0 Å². The largest absolute Gasteiger partial charge is 0.493 e. The summed E-state index contributed by atoms with van der Waals surface area (Å²) < 4.78 is 23.3. The molecular weight excluding hydrogens is 369 g/mol. The van der Waals surface area contributed by atoms with Gasteiger partial charge in [-0.25, -0.2) is 14.1 Å². The zero-order chi connectivity index (χ0) is 20.3. The van der Waals surface area contributed by atoms with Gasteiger partial charge in [0.25, 0.3) is 0 Å². The normalized spacial score (nSPS) is 16.4. The van der Waals surface area contributed by atoms with E-state index in [4.69, 9.17) is 9.47 Å². The molecule has 0 radical (unpaired) electrons. The quantitative estimate of drug-likeness (QED) is 0.767. The van der Waals surface area contributed by atoms with Gasteiger partial charge in [-0.1, -0.05) is 0 Å². The summed E-state index contributed by atoms with van der Waals surface area (Å²) in [7, 11) is 2.89. The molecule has 2 N–H and O–H groups in total. The predicted octanol–water partition coefficient (Wildman–Crippen LogP) is 2.15. The molecule has 4 amide bonds. The molecule has 3 rings (SSSR count). The van der Waals surface area contributed by atoms with Gasteiger partial charge in [0.1, 0.15) is 11.7 Å². The fourth-order valence-corrected chi connectivity index (χ4v) is 2.79. The SMILES string of the molecule is COc1ccc(N2C(=O)NCC(C(=O)Nc3ccc(F)cc3)C2=O)cc1OC. The maximum Gasteiger partial charge on any atom is 0.328 e. The number of hydrogen-bond donors (Lipinski definition) is 2. The van der Waals surface area contributed by atoms with Crippen molar-refractivity contribution in [2.45, 2.75) is 0 Å². The average Bonchev–Trinajstić information content (AvgIpc) is 2.69.